The second-order valence-electron chi connectivity index (χ2n) is 11.4. The lowest BCUT2D eigenvalue weighted by molar-refractivity contribution is 0.100. The Kier molecular flexibility index (Phi) is 18.2. The molecule has 0 aliphatic rings. The number of ether oxygens (including phenoxy) is 2. The molecule has 5 rings (SSSR count). The second kappa shape index (κ2) is 22.3. The zero-order chi connectivity index (χ0) is 36.0. The Morgan fingerprint density at radius 3 is 1.27 bits per heavy atom. The van der Waals surface area contributed by atoms with Crippen LogP contribution in [0.3, 0.4) is 0 Å². The smallest absolute Gasteiger partial charge is 0.193 e. The van der Waals surface area contributed by atoms with Crippen molar-refractivity contribution in [1.82, 2.24) is 0 Å². The standard InChI is InChI=1S/C22H18O4.C12H16O.C6H6.C4H10/c1-15(23)16-3-11-20(12-4-16)26-21-13-7-18(8-14-21)22(24)17-5-9-19(25-2)10-6-17;1-4-5-11-8-12(10(3)13)7-6-9(11)2;1-2-4-6-5-3-1;1-3-4-2/h3-14H,1-2H3;6-8H,4-5H2,1-3H3;1-6H;3-4H2,1-2H3. The predicted molar refractivity (Wildman–Crippen MR) is 202 cm³/mol. The number of benzene rings is 5. The van der Waals surface area contributed by atoms with E-state index in [2.05, 4.69) is 27.7 Å². The molecule has 0 saturated carbocycles. The molecule has 0 fully saturated rings. The Hall–Kier alpha value is -5.29. The van der Waals surface area contributed by atoms with E-state index >= 15 is 0 Å². The first-order chi connectivity index (χ1) is 23.6. The number of aryl methyl sites for hydroxylation is 2. The van der Waals surface area contributed by atoms with Crippen molar-refractivity contribution in [2.75, 3.05) is 7.11 Å². The largest absolute Gasteiger partial charge is 0.497 e. The summed E-state index contributed by atoms with van der Waals surface area (Å²) in [5.74, 6) is 2.05. The topological polar surface area (TPSA) is 69.7 Å². The van der Waals surface area contributed by atoms with Crippen molar-refractivity contribution in [1.29, 1.82) is 0 Å². The maximum atomic E-state index is 12.5. The fourth-order valence-corrected chi connectivity index (χ4v) is 4.29. The van der Waals surface area contributed by atoms with Gasteiger partial charge in [0.1, 0.15) is 17.2 Å². The molecule has 0 aliphatic carbocycles. The zero-order valence-electron chi connectivity index (χ0n) is 30.0. The minimum Gasteiger partial charge on any atom is -0.497 e. The van der Waals surface area contributed by atoms with Crippen molar-refractivity contribution < 1.29 is 23.9 Å². The molecule has 0 aromatic heterocycles. The van der Waals surface area contributed by atoms with Gasteiger partial charge in [-0.05, 0) is 117 Å². The molecule has 0 amide bonds. The van der Waals surface area contributed by atoms with E-state index in [1.165, 1.54) is 30.9 Å². The number of carbonyl (C=O) groups excluding carboxylic acids is 3. The quantitative estimate of drug-likeness (QED) is 0.140. The van der Waals surface area contributed by atoms with Crippen LogP contribution in [-0.2, 0) is 6.42 Å². The number of carbonyl (C=O) groups is 3. The molecule has 5 aromatic rings. The van der Waals surface area contributed by atoms with Crippen LogP contribution in [0.25, 0.3) is 0 Å². The summed E-state index contributed by atoms with van der Waals surface area (Å²) in [5.41, 5.74) is 5.22. The minimum absolute atomic E-state index is 0.0120. The molecule has 49 heavy (non-hydrogen) atoms. The summed E-state index contributed by atoms with van der Waals surface area (Å²) in [5, 5.41) is 0. The number of hydrogen-bond donors (Lipinski definition) is 0. The highest BCUT2D eigenvalue weighted by atomic mass is 16.5. The van der Waals surface area contributed by atoms with Gasteiger partial charge in [0.25, 0.3) is 0 Å². The lowest BCUT2D eigenvalue weighted by Gasteiger charge is -2.07. The number of unbranched alkanes of at least 4 members (excludes halogenated alkanes) is 1. The van der Waals surface area contributed by atoms with Gasteiger partial charge in [-0.2, -0.15) is 0 Å². The molecule has 0 saturated heterocycles. The molecule has 0 atom stereocenters. The number of methoxy groups -OCH3 is 1. The molecule has 0 bridgehead atoms. The van der Waals surface area contributed by atoms with Crippen LogP contribution < -0.4 is 9.47 Å². The van der Waals surface area contributed by atoms with Crippen molar-refractivity contribution >= 4 is 17.3 Å². The molecular formula is C44H50O5. The highest BCUT2D eigenvalue weighted by molar-refractivity contribution is 6.09. The molecule has 0 heterocycles. The van der Waals surface area contributed by atoms with E-state index < -0.39 is 0 Å². The van der Waals surface area contributed by atoms with E-state index in [4.69, 9.17) is 9.47 Å². The van der Waals surface area contributed by atoms with Crippen LogP contribution in [0.4, 0.5) is 0 Å². The van der Waals surface area contributed by atoms with Crippen molar-refractivity contribution in [2.24, 2.45) is 0 Å². The monoisotopic (exact) mass is 658 g/mol. The SMILES string of the molecule is CCCC.CCCc1cc(C(C)=O)ccc1C.COc1ccc(C(=O)c2ccc(Oc3ccc(C(C)=O)cc3)cc2)cc1.c1ccccc1. The molecule has 5 heteroatoms. The van der Waals surface area contributed by atoms with E-state index in [1.807, 2.05) is 54.6 Å². The number of ketones is 3. The van der Waals surface area contributed by atoms with Crippen molar-refractivity contribution in [3.8, 4) is 17.2 Å². The van der Waals surface area contributed by atoms with Crippen LogP contribution in [0.5, 0.6) is 17.2 Å². The Morgan fingerprint density at radius 1 is 0.510 bits per heavy atom. The van der Waals surface area contributed by atoms with Crippen molar-refractivity contribution in [2.45, 2.75) is 67.2 Å². The fourth-order valence-electron chi connectivity index (χ4n) is 4.29. The summed E-state index contributed by atoms with van der Waals surface area (Å²) in [7, 11) is 1.59. The first-order valence-corrected chi connectivity index (χ1v) is 16.8. The lowest BCUT2D eigenvalue weighted by atomic mass is 10.00. The molecule has 5 aromatic carbocycles. The van der Waals surface area contributed by atoms with E-state index in [0.29, 0.717) is 33.9 Å². The summed E-state index contributed by atoms with van der Waals surface area (Å²) in [6.07, 6.45) is 4.83. The average Bonchev–Trinajstić information content (AvgIpc) is 3.14. The summed E-state index contributed by atoms with van der Waals surface area (Å²) in [6.45, 7) is 11.7. The van der Waals surface area contributed by atoms with Crippen molar-refractivity contribution in [3.63, 3.8) is 0 Å². The van der Waals surface area contributed by atoms with Gasteiger partial charge in [-0.15, -0.1) is 0 Å². The highest BCUT2D eigenvalue weighted by Gasteiger charge is 2.10. The molecule has 0 unspecified atom stereocenters. The van der Waals surface area contributed by atoms with Gasteiger partial charge in [-0.25, -0.2) is 0 Å². The summed E-state index contributed by atoms with van der Waals surface area (Å²) >= 11 is 0. The molecule has 0 radical (unpaired) electrons. The Bertz CT molecular complexity index is 1660. The van der Waals surface area contributed by atoms with Crippen LogP contribution >= 0.6 is 0 Å². The fraction of sp³-hybridized carbons (Fsp3) is 0.250. The van der Waals surface area contributed by atoms with Crippen LogP contribution in [0.1, 0.15) is 102 Å². The third-order valence-electron chi connectivity index (χ3n) is 7.41. The molecular weight excluding hydrogens is 608 g/mol. The van der Waals surface area contributed by atoms with Crippen LogP contribution in [0.2, 0.25) is 0 Å². The lowest BCUT2D eigenvalue weighted by Crippen LogP contribution is -2.01. The molecule has 0 N–H and O–H groups in total. The first-order valence-electron chi connectivity index (χ1n) is 16.8. The van der Waals surface area contributed by atoms with Crippen LogP contribution in [0.15, 0.2) is 127 Å². The Balaban J connectivity index is 0.000000297. The molecule has 5 nitrogen and oxygen atoms in total. The number of rotatable bonds is 10. The third-order valence-corrected chi connectivity index (χ3v) is 7.41. The van der Waals surface area contributed by atoms with Crippen molar-refractivity contribution in [3.05, 3.63) is 161 Å². The third kappa shape index (κ3) is 14.6. The number of hydrogen-bond acceptors (Lipinski definition) is 5. The summed E-state index contributed by atoms with van der Waals surface area (Å²) < 4.78 is 10.8. The molecule has 0 spiro atoms. The van der Waals surface area contributed by atoms with Gasteiger partial charge in [0.05, 0.1) is 7.11 Å². The van der Waals surface area contributed by atoms with Gasteiger partial charge in [0, 0.05) is 22.3 Å². The summed E-state index contributed by atoms with van der Waals surface area (Å²) in [6, 6.07) is 38.8. The van der Waals surface area contributed by atoms with E-state index in [1.54, 1.807) is 86.8 Å². The van der Waals surface area contributed by atoms with Gasteiger partial charge in [-0.3, -0.25) is 14.4 Å². The highest BCUT2D eigenvalue weighted by Crippen LogP contribution is 2.23. The van der Waals surface area contributed by atoms with Gasteiger partial charge in [-0.1, -0.05) is 88.6 Å². The van der Waals surface area contributed by atoms with E-state index in [9.17, 15) is 14.4 Å². The van der Waals surface area contributed by atoms with Gasteiger partial charge in [0.15, 0.2) is 17.3 Å². The summed E-state index contributed by atoms with van der Waals surface area (Å²) in [4.78, 5) is 34.9. The Morgan fingerprint density at radius 2 is 0.898 bits per heavy atom. The second-order valence-corrected chi connectivity index (χ2v) is 11.4. The molecule has 256 valence electrons. The van der Waals surface area contributed by atoms with Gasteiger partial charge in [0.2, 0.25) is 0 Å². The Labute approximate surface area is 292 Å². The maximum absolute atomic E-state index is 12.5. The number of Topliss-reactive ketones (excluding diaryl/α,β-unsaturated/α-hetero) is 2. The van der Waals surface area contributed by atoms with E-state index in [0.717, 1.165) is 18.4 Å². The minimum atomic E-state index is -0.0648. The zero-order valence-corrected chi connectivity index (χ0v) is 30.0. The molecule has 0 aliphatic heterocycles. The average molecular weight is 659 g/mol. The van der Waals surface area contributed by atoms with Gasteiger partial charge < -0.3 is 9.47 Å². The van der Waals surface area contributed by atoms with Crippen LogP contribution in [-0.4, -0.2) is 24.5 Å². The van der Waals surface area contributed by atoms with Crippen LogP contribution in [0, 0.1) is 6.92 Å². The van der Waals surface area contributed by atoms with E-state index in [-0.39, 0.29) is 17.3 Å². The maximum Gasteiger partial charge on any atom is 0.193 e. The normalized spacial score (nSPS) is 9.69. The first kappa shape index (κ1) is 39.9. The predicted octanol–water partition coefficient (Wildman–Crippen LogP) is 11.6. The van der Waals surface area contributed by atoms with Gasteiger partial charge >= 0.3 is 0 Å².